The highest BCUT2D eigenvalue weighted by Gasteiger charge is 2.34. The molecule has 14 nitrogen and oxygen atoms in total. The van der Waals surface area contributed by atoms with E-state index in [1.165, 1.54) is 4.90 Å². The number of likely N-dealkylation sites (N-methyl/N-ethyl adjacent to an activating group) is 1. The zero-order valence-electron chi connectivity index (χ0n) is 18.6. The quantitative estimate of drug-likeness (QED) is 0.0780. The third-order valence-electron chi connectivity index (χ3n) is 4.22. The van der Waals surface area contributed by atoms with Crippen LogP contribution in [0.5, 0.6) is 11.5 Å². The minimum atomic E-state index is -2.17. The molecule has 1 N–H and O–H groups in total. The second kappa shape index (κ2) is 12.4. The molecule has 0 aliphatic carbocycles. The minimum absolute atomic E-state index is 0.151. The standard InChI is InChI=1S/C20H21N3O11/c1-5-22(6-2)17(25)12(10-21)7-11-8-13(23(29)30)15(24)14(9-11)33-20(28)34-16(18(26)31-3)19(27)32-4/h7-9,16,24H,5-6H2,1-4H3. The van der Waals surface area contributed by atoms with Gasteiger partial charge in [0.2, 0.25) is 5.75 Å². The third kappa shape index (κ3) is 6.66. The van der Waals surface area contributed by atoms with E-state index in [2.05, 4.69) is 14.2 Å². The minimum Gasteiger partial charge on any atom is -0.499 e. The third-order valence-corrected chi connectivity index (χ3v) is 4.22. The lowest BCUT2D eigenvalue weighted by atomic mass is 10.1. The Labute approximate surface area is 193 Å². The van der Waals surface area contributed by atoms with Gasteiger partial charge in [-0.3, -0.25) is 14.9 Å². The molecule has 0 saturated carbocycles. The van der Waals surface area contributed by atoms with E-state index in [-0.39, 0.29) is 11.1 Å². The fraction of sp³-hybridized carbons (Fsp3) is 0.350. The van der Waals surface area contributed by atoms with Gasteiger partial charge in [0.15, 0.2) is 5.75 Å². The van der Waals surface area contributed by atoms with Crippen LogP contribution in [-0.2, 0) is 28.6 Å². The molecule has 0 radical (unpaired) electrons. The number of rotatable bonds is 9. The molecule has 0 spiro atoms. The molecular formula is C20H21N3O11. The highest BCUT2D eigenvalue weighted by atomic mass is 16.7. The van der Waals surface area contributed by atoms with Gasteiger partial charge in [-0.1, -0.05) is 0 Å². The summed E-state index contributed by atoms with van der Waals surface area (Å²) in [4.78, 5) is 59.4. The molecule has 0 saturated heterocycles. The SMILES string of the molecule is CCN(CC)C(=O)C(C#N)=Cc1cc(OC(=O)OC(C(=O)OC)C(=O)OC)c(O)c([N+](=O)[O-])c1. The van der Waals surface area contributed by atoms with Crippen molar-refractivity contribution >= 4 is 35.8 Å². The molecule has 0 bridgehead atoms. The van der Waals surface area contributed by atoms with Crippen molar-refractivity contribution in [2.24, 2.45) is 0 Å². The largest absolute Gasteiger partial charge is 0.515 e. The maximum absolute atomic E-state index is 12.5. The van der Waals surface area contributed by atoms with E-state index < -0.39 is 52.2 Å². The van der Waals surface area contributed by atoms with E-state index in [0.29, 0.717) is 13.1 Å². The van der Waals surface area contributed by atoms with Crippen molar-refractivity contribution in [1.29, 1.82) is 5.26 Å². The second-order valence-electron chi connectivity index (χ2n) is 6.19. The Balaban J connectivity index is 3.41. The van der Waals surface area contributed by atoms with Crippen LogP contribution < -0.4 is 4.74 Å². The zero-order valence-corrected chi connectivity index (χ0v) is 18.6. The van der Waals surface area contributed by atoms with Crippen LogP contribution in [-0.4, -0.2) is 72.3 Å². The lowest BCUT2D eigenvalue weighted by molar-refractivity contribution is -0.385. The molecule has 1 aromatic carbocycles. The van der Waals surface area contributed by atoms with E-state index in [1.54, 1.807) is 19.9 Å². The van der Waals surface area contributed by atoms with Gasteiger partial charge in [-0.2, -0.15) is 5.26 Å². The maximum Gasteiger partial charge on any atom is 0.515 e. The number of carbonyl (C=O) groups excluding carboxylic acids is 4. The Morgan fingerprint density at radius 3 is 2.18 bits per heavy atom. The van der Waals surface area contributed by atoms with Gasteiger partial charge in [0.1, 0.15) is 11.6 Å². The summed E-state index contributed by atoms with van der Waals surface area (Å²) in [6.45, 7) is 3.97. The Bertz CT molecular complexity index is 1040. The molecule has 1 aromatic rings. The van der Waals surface area contributed by atoms with E-state index in [0.717, 1.165) is 32.4 Å². The number of nitro groups is 1. The predicted octanol–water partition coefficient (Wildman–Crippen LogP) is 1.31. The summed E-state index contributed by atoms with van der Waals surface area (Å²) in [6.07, 6.45) is -2.89. The number of methoxy groups -OCH3 is 2. The number of aromatic hydroxyl groups is 1. The summed E-state index contributed by atoms with van der Waals surface area (Å²) < 4.78 is 17.9. The molecule has 1 amide bonds. The molecular weight excluding hydrogens is 458 g/mol. The van der Waals surface area contributed by atoms with Gasteiger partial charge in [0.05, 0.1) is 19.1 Å². The molecule has 182 valence electrons. The number of amides is 1. The molecule has 14 heteroatoms. The number of esters is 2. The molecule has 0 aromatic heterocycles. The number of benzene rings is 1. The van der Waals surface area contributed by atoms with Gasteiger partial charge in [-0.15, -0.1) is 0 Å². The van der Waals surface area contributed by atoms with Crippen LogP contribution in [0.25, 0.3) is 6.08 Å². The summed E-state index contributed by atoms with van der Waals surface area (Å²) in [6, 6.07) is 3.43. The van der Waals surface area contributed by atoms with Crippen molar-refractivity contribution in [3.63, 3.8) is 0 Å². The number of phenols is 1. The Kier molecular flexibility index (Phi) is 9.97. The van der Waals surface area contributed by atoms with E-state index >= 15 is 0 Å². The molecule has 34 heavy (non-hydrogen) atoms. The van der Waals surface area contributed by atoms with Crippen molar-refractivity contribution in [3.8, 4) is 17.6 Å². The molecule has 0 unspecified atom stereocenters. The Hall–Kier alpha value is -4.67. The lowest BCUT2D eigenvalue weighted by Crippen LogP contribution is -2.37. The van der Waals surface area contributed by atoms with Crippen molar-refractivity contribution in [1.82, 2.24) is 4.90 Å². The van der Waals surface area contributed by atoms with E-state index in [9.17, 15) is 39.7 Å². The first-order valence-electron chi connectivity index (χ1n) is 9.50. The van der Waals surface area contributed by atoms with Crippen molar-refractivity contribution < 1.29 is 48.2 Å². The first-order chi connectivity index (χ1) is 16.0. The number of hydrogen-bond acceptors (Lipinski definition) is 12. The van der Waals surface area contributed by atoms with Crippen molar-refractivity contribution in [2.45, 2.75) is 20.0 Å². The first kappa shape index (κ1) is 27.4. The van der Waals surface area contributed by atoms with Crippen LogP contribution in [0.3, 0.4) is 0 Å². The van der Waals surface area contributed by atoms with E-state index in [4.69, 9.17) is 4.74 Å². The van der Waals surface area contributed by atoms with Crippen LogP contribution in [0, 0.1) is 21.4 Å². The molecule has 0 aliphatic rings. The number of nitrogens with zero attached hydrogens (tertiary/aromatic N) is 3. The van der Waals surface area contributed by atoms with Crippen LogP contribution in [0.1, 0.15) is 19.4 Å². The average Bonchev–Trinajstić information content (AvgIpc) is 2.82. The highest BCUT2D eigenvalue weighted by Crippen LogP contribution is 2.38. The summed E-state index contributed by atoms with van der Waals surface area (Å²) in [5.41, 5.74) is -1.46. The number of phenolic OH excluding ortho intramolecular Hbond substituents is 1. The molecule has 0 aliphatic heterocycles. The zero-order chi connectivity index (χ0) is 26.0. The van der Waals surface area contributed by atoms with Crippen LogP contribution >= 0.6 is 0 Å². The first-order valence-corrected chi connectivity index (χ1v) is 9.50. The van der Waals surface area contributed by atoms with Gasteiger partial charge in [-0.05, 0) is 31.6 Å². The number of hydrogen-bond donors (Lipinski definition) is 1. The van der Waals surface area contributed by atoms with Gasteiger partial charge < -0.3 is 29.0 Å². The molecule has 0 atom stereocenters. The number of carbonyl (C=O) groups is 4. The number of nitro benzene ring substituents is 1. The maximum atomic E-state index is 12.5. The normalized spacial score (nSPS) is 10.6. The van der Waals surface area contributed by atoms with Crippen LogP contribution in [0.2, 0.25) is 0 Å². The predicted molar refractivity (Wildman–Crippen MR) is 111 cm³/mol. The topological polar surface area (TPSA) is 196 Å². The van der Waals surface area contributed by atoms with Gasteiger partial charge >= 0.3 is 23.8 Å². The number of ether oxygens (including phenoxy) is 4. The van der Waals surface area contributed by atoms with Gasteiger partial charge in [-0.25, -0.2) is 14.4 Å². The fourth-order valence-electron chi connectivity index (χ4n) is 2.52. The molecule has 0 heterocycles. The molecule has 1 rings (SSSR count). The Morgan fingerprint density at radius 2 is 1.74 bits per heavy atom. The van der Waals surface area contributed by atoms with Gasteiger partial charge in [0.25, 0.3) is 12.0 Å². The van der Waals surface area contributed by atoms with Crippen LogP contribution in [0.15, 0.2) is 17.7 Å². The summed E-state index contributed by atoms with van der Waals surface area (Å²) in [5.74, 6) is -5.16. The smallest absolute Gasteiger partial charge is 0.499 e. The summed E-state index contributed by atoms with van der Waals surface area (Å²) in [5, 5.41) is 30.8. The Morgan fingerprint density at radius 1 is 1.18 bits per heavy atom. The van der Waals surface area contributed by atoms with Crippen LogP contribution in [0.4, 0.5) is 10.5 Å². The number of nitriles is 1. The fourth-order valence-corrected chi connectivity index (χ4v) is 2.52. The highest BCUT2D eigenvalue weighted by molar-refractivity contribution is 6.02. The van der Waals surface area contributed by atoms with E-state index in [1.807, 2.05) is 0 Å². The van der Waals surface area contributed by atoms with Gasteiger partial charge in [0, 0.05) is 19.2 Å². The van der Waals surface area contributed by atoms with Crippen molar-refractivity contribution in [2.75, 3.05) is 27.3 Å². The summed E-state index contributed by atoms with van der Waals surface area (Å²) in [7, 11) is 1.81. The second-order valence-corrected chi connectivity index (χ2v) is 6.19. The average molecular weight is 479 g/mol. The summed E-state index contributed by atoms with van der Waals surface area (Å²) >= 11 is 0. The lowest BCUT2D eigenvalue weighted by Gasteiger charge is -2.17. The monoisotopic (exact) mass is 479 g/mol. The van der Waals surface area contributed by atoms with Crippen molar-refractivity contribution in [3.05, 3.63) is 33.4 Å². The molecule has 0 fully saturated rings.